The average Bonchev–Trinajstić information content (AvgIpc) is 3.29. The van der Waals surface area contributed by atoms with Gasteiger partial charge in [0.15, 0.2) is 0 Å². The van der Waals surface area contributed by atoms with Crippen molar-refractivity contribution < 1.29 is 18.0 Å². The summed E-state index contributed by atoms with van der Waals surface area (Å²) in [5, 5.41) is 3.99. The van der Waals surface area contributed by atoms with Crippen LogP contribution in [0.2, 0.25) is 0 Å². The van der Waals surface area contributed by atoms with Gasteiger partial charge in [-0.05, 0) is 74.2 Å². The minimum absolute atomic E-state index is 0.137. The van der Waals surface area contributed by atoms with E-state index in [4.69, 9.17) is 0 Å². The Kier molecular flexibility index (Phi) is 4.08. The Morgan fingerprint density at radius 1 is 1.29 bits per heavy atom. The number of hydrogen-bond donors (Lipinski definition) is 1. The molecule has 0 radical (unpaired) electrons. The van der Waals surface area contributed by atoms with Gasteiger partial charge in [0.05, 0.1) is 17.3 Å². The molecule has 0 unspecified atom stereocenters. The third-order valence-electron chi connectivity index (χ3n) is 6.89. The minimum atomic E-state index is -4.26. The first kappa shape index (κ1) is 18.4. The van der Waals surface area contributed by atoms with Crippen LogP contribution in [0.15, 0.2) is 18.2 Å². The molecule has 4 fully saturated rings. The molecule has 28 heavy (non-hydrogen) atoms. The number of rotatable bonds is 3. The van der Waals surface area contributed by atoms with E-state index in [9.17, 15) is 18.0 Å². The molecule has 4 heterocycles. The number of piperidine rings is 3. The molecule has 2 aromatic rings. The van der Waals surface area contributed by atoms with Crippen LogP contribution in [-0.2, 0) is 6.42 Å². The van der Waals surface area contributed by atoms with Crippen molar-refractivity contribution in [2.24, 2.45) is 5.92 Å². The first-order valence-electron chi connectivity index (χ1n) is 9.91. The monoisotopic (exact) mass is 408 g/mol. The van der Waals surface area contributed by atoms with Crippen molar-refractivity contribution in [3.05, 3.63) is 34.2 Å². The Morgan fingerprint density at radius 2 is 2.00 bits per heavy atom. The van der Waals surface area contributed by atoms with Gasteiger partial charge in [-0.1, -0.05) is 12.1 Å². The normalized spacial score (nSPS) is 28.1. The summed E-state index contributed by atoms with van der Waals surface area (Å²) >= 11 is 1.19. The Morgan fingerprint density at radius 3 is 2.64 bits per heavy atom. The van der Waals surface area contributed by atoms with Crippen LogP contribution in [0.5, 0.6) is 0 Å². The summed E-state index contributed by atoms with van der Waals surface area (Å²) in [7, 11) is 0. The van der Waals surface area contributed by atoms with Gasteiger partial charge in [0.25, 0.3) is 5.91 Å². The van der Waals surface area contributed by atoms with Gasteiger partial charge >= 0.3 is 6.18 Å². The second-order valence-electron chi connectivity index (χ2n) is 8.56. The second kappa shape index (κ2) is 6.20. The smallest absolute Gasteiger partial charge is 0.346 e. The Balaban J connectivity index is 1.43. The van der Waals surface area contributed by atoms with Crippen molar-refractivity contribution in [3.8, 4) is 0 Å². The van der Waals surface area contributed by atoms with E-state index in [0.29, 0.717) is 21.1 Å². The third kappa shape index (κ3) is 2.94. The quantitative estimate of drug-likeness (QED) is 0.800. The molecule has 1 amide bonds. The molecule has 1 aromatic carbocycles. The van der Waals surface area contributed by atoms with Crippen LogP contribution in [0.25, 0.3) is 10.1 Å². The highest BCUT2D eigenvalue weighted by atomic mass is 32.1. The maximum Gasteiger partial charge on any atom is 0.393 e. The molecule has 150 valence electrons. The predicted octanol–water partition coefficient (Wildman–Crippen LogP) is 4.67. The lowest BCUT2D eigenvalue weighted by atomic mass is 9.77. The fourth-order valence-corrected chi connectivity index (χ4v) is 6.48. The van der Waals surface area contributed by atoms with Crippen LogP contribution in [0, 0.1) is 12.8 Å². The molecule has 4 aliphatic rings. The summed E-state index contributed by atoms with van der Waals surface area (Å²) in [5.41, 5.74) is 1.05. The van der Waals surface area contributed by atoms with Crippen molar-refractivity contribution in [2.75, 3.05) is 13.1 Å². The van der Waals surface area contributed by atoms with Gasteiger partial charge in [-0.2, -0.15) is 13.2 Å². The molecule has 1 atom stereocenters. The highest BCUT2D eigenvalue weighted by molar-refractivity contribution is 7.21. The van der Waals surface area contributed by atoms with Crippen LogP contribution in [0.4, 0.5) is 13.2 Å². The highest BCUT2D eigenvalue weighted by Gasteiger charge is 2.60. The van der Waals surface area contributed by atoms with E-state index in [2.05, 4.69) is 10.2 Å². The van der Waals surface area contributed by atoms with Crippen molar-refractivity contribution in [1.82, 2.24) is 10.2 Å². The van der Waals surface area contributed by atoms with Crippen LogP contribution in [0.1, 0.15) is 46.5 Å². The Bertz CT molecular complexity index is 939. The first-order chi connectivity index (χ1) is 13.3. The maximum atomic E-state index is 13.0. The number of nitrogens with one attached hydrogen (secondary N) is 1. The molecule has 1 saturated carbocycles. The summed E-state index contributed by atoms with van der Waals surface area (Å²) in [5.74, 6) is 0.385. The number of hydrogen-bond acceptors (Lipinski definition) is 3. The molecule has 3 saturated heterocycles. The number of carbonyl (C=O) groups is 1. The van der Waals surface area contributed by atoms with E-state index in [0.717, 1.165) is 44.2 Å². The number of benzene rings is 1. The first-order valence-corrected chi connectivity index (χ1v) is 10.7. The molecular weight excluding hydrogens is 385 g/mol. The fourth-order valence-electron chi connectivity index (χ4n) is 5.32. The van der Waals surface area contributed by atoms with Gasteiger partial charge in [-0.25, -0.2) is 0 Å². The fraction of sp³-hybridized carbons (Fsp3) is 0.571. The lowest BCUT2D eigenvalue weighted by Gasteiger charge is -2.52. The number of nitrogens with zero attached hydrogens (tertiary/aromatic N) is 1. The topological polar surface area (TPSA) is 32.3 Å². The number of halogens is 3. The second-order valence-corrected chi connectivity index (χ2v) is 9.61. The zero-order valence-electron chi connectivity index (χ0n) is 15.7. The number of alkyl halides is 3. The standard InChI is InChI=1S/C21H23F3N2OS/c1-12-2-3-14-10-16(28-17(14)15(12)11-21(22,23)24)19(27)25-18-13-4-8-26(9-5-13)20(18)6-7-20/h2-3,10,13,18H,4-9,11H2,1H3,(H,25,27)/t18-/m0/s1. The average molecular weight is 408 g/mol. The number of aryl methyl sites for hydroxylation is 1. The predicted molar refractivity (Wildman–Crippen MR) is 104 cm³/mol. The van der Waals surface area contributed by atoms with E-state index in [1.165, 1.54) is 11.3 Å². The third-order valence-corrected chi connectivity index (χ3v) is 8.10. The van der Waals surface area contributed by atoms with E-state index < -0.39 is 12.6 Å². The minimum Gasteiger partial charge on any atom is -0.346 e. The number of amides is 1. The number of thiophene rings is 1. The Labute approximate surface area is 165 Å². The summed E-state index contributed by atoms with van der Waals surface area (Å²) in [6, 6.07) is 5.44. The van der Waals surface area contributed by atoms with Gasteiger partial charge in [0.2, 0.25) is 0 Å². The molecule has 6 rings (SSSR count). The van der Waals surface area contributed by atoms with Gasteiger partial charge in [0.1, 0.15) is 0 Å². The summed E-state index contributed by atoms with van der Waals surface area (Å²) in [6.07, 6.45) is -0.715. The summed E-state index contributed by atoms with van der Waals surface area (Å²) < 4.78 is 39.6. The summed E-state index contributed by atoms with van der Waals surface area (Å²) in [6.45, 7) is 3.95. The highest BCUT2D eigenvalue weighted by Crippen LogP contribution is 2.53. The van der Waals surface area contributed by atoms with E-state index in [1.807, 2.05) is 6.07 Å². The van der Waals surface area contributed by atoms with Crippen molar-refractivity contribution >= 4 is 27.3 Å². The molecule has 1 spiro atoms. The van der Waals surface area contributed by atoms with Gasteiger partial charge in [0, 0.05) is 10.2 Å². The number of fused-ring (bicyclic) bond motifs is 3. The molecule has 7 heteroatoms. The van der Waals surface area contributed by atoms with Crippen LogP contribution < -0.4 is 5.32 Å². The lowest BCUT2D eigenvalue weighted by Crippen LogP contribution is -2.65. The van der Waals surface area contributed by atoms with E-state index in [1.54, 1.807) is 19.1 Å². The zero-order chi connectivity index (χ0) is 19.7. The van der Waals surface area contributed by atoms with Gasteiger partial charge in [-0.15, -0.1) is 11.3 Å². The molecule has 1 N–H and O–H groups in total. The molecule has 1 aliphatic carbocycles. The van der Waals surface area contributed by atoms with Crippen LogP contribution in [-0.4, -0.2) is 41.7 Å². The maximum absolute atomic E-state index is 13.0. The SMILES string of the molecule is Cc1ccc2cc(C(=O)N[C@H]3C4CCN(CC4)C34CC4)sc2c1CC(F)(F)F. The Hall–Kier alpha value is -1.60. The lowest BCUT2D eigenvalue weighted by molar-refractivity contribution is -0.127. The molecule has 3 nitrogen and oxygen atoms in total. The van der Waals surface area contributed by atoms with Crippen molar-refractivity contribution in [3.63, 3.8) is 0 Å². The van der Waals surface area contributed by atoms with E-state index >= 15 is 0 Å². The molecule has 3 aliphatic heterocycles. The van der Waals surface area contributed by atoms with Crippen LogP contribution >= 0.6 is 11.3 Å². The van der Waals surface area contributed by atoms with Gasteiger partial charge in [-0.3, -0.25) is 9.69 Å². The van der Waals surface area contributed by atoms with Crippen LogP contribution in [0.3, 0.4) is 0 Å². The van der Waals surface area contributed by atoms with Crippen molar-refractivity contribution in [2.45, 2.75) is 56.8 Å². The van der Waals surface area contributed by atoms with Crippen molar-refractivity contribution in [1.29, 1.82) is 0 Å². The number of carbonyl (C=O) groups excluding carboxylic acids is 1. The molecular formula is C21H23F3N2OS. The molecule has 2 bridgehead atoms. The van der Waals surface area contributed by atoms with Gasteiger partial charge < -0.3 is 5.32 Å². The van der Waals surface area contributed by atoms with E-state index in [-0.39, 0.29) is 23.1 Å². The molecule has 1 aromatic heterocycles. The largest absolute Gasteiger partial charge is 0.393 e. The zero-order valence-corrected chi connectivity index (χ0v) is 16.6. The summed E-state index contributed by atoms with van der Waals surface area (Å²) in [4.78, 5) is 16.1.